The molecule has 0 atom stereocenters. The third kappa shape index (κ3) is 3.89. The van der Waals surface area contributed by atoms with Crippen LogP contribution in [0.5, 0.6) is 0 Å². The van der Waals surface area contributed by atoms with Crippen molar-refractivity contribution in [2.75, 3.05) is 6.54 Å². The smallest absolute Gasteiger partial charge is 0.151 e. The highest BCUT2D eigenvalue weighted by molar-refractivity contribution is 9.10. The Hall–Kier alpha value is -0.740. The third-order valence-corrected chi connectivity index (χ3v) is 4.08. The quantitative estimate of drug-likeness (QED) is 0.904. The second-order valence-corrected chi connectivity index (χ2v) is 5.67. The summed E-state index contributed by atoms with van der Waals surface area (Å²) in [4.78, 5) is 11.8. The Bertz CT molecular complexity index is 430. The molecule has 0 amide bonds. The number of halogens is 2. The number of ketones is 1. The van der Waals surface area contributed by atoms with Crippen molar-refractivity contribution in [1.29, 1.82) is 0 Å². The SMILES string of the molecule is O=C(CNC1CCCC1)Cc1ccc(F)cc1Br. The van der Waals surface area contributed by atoms with E-state index in [1.54, 1.807) is 6.07 Å². The van der Waals surface area contributed by atoms with Gasteiger partial charge in [-0.15, -0.1) is 0 Å². The maximum Gasteiger partial charge on any atom is 0.151 e. The van der Waals surface area contributed by atoms with Crippen LogP contribution in [0.4, 0.5) is 4.39 Å². The number of carbonyl (C=O) groups excluding carboxylic acids is 1. The van der Waals surface area contributed by atoms with Crippen LogP contribution in [0.3, 0.4) is 0 Å². The lowest BCUT2D eigenvalue weighted by atomic mass is 10.1. The van der Waals surface area contributed by atoms with Gasteiger partial charge in [0.2, 0.25) is 0 Å². The number of hydrogen-bond donors (Lipinski definition) is 1. The fraction of sp³-hybridized carbons (Fsp3) is 0.500. The second kappa shape index (κ2) is 6.43. The molecule has 0 unspecified atom stereocenters. The summed E-state index contributed by atoms with van der Waals surface area (Å²) in [5.41, 5.74) is 0.842. The topological polar surface area (TPSA) is 29.1 Å². The van der Waals surface area contributed by atoms with Gasteiger partial charge in [0.05, 0.1) is 6.54 Å². The zero-order valence-corrected chi connectivity index (χ0v) is 11.8. The molecule has 1 fully saturated rings. The van der Waals surface area contributed by atoms with Gasteiger partial charge >= 0.3 is 0 Å². The van der Waals surface area contributed by atoms with E-state index in [0.717, 1.165) is 5.56 Å². The number of Topliss-reactive ketones (excluding diaryl/α,β-unsaturated/α-hetero) is 1. The number of nitrogens with one attached hydrogen (secondary N) is 1. The molecule has 0 aromatic heterocycles. The van der Waals surface area contributed by atoms with Gasteiger partial charge in [0.15, 0.2) is 5.78 Å². The highest BCUT2D eigenvalue weighted by Gasteiger charge is 2.15. The van der Waals surface area contributed by atoms with E-state index in [4.69, 9.17) is 0 Å². The molecule has 0 heterocycles. The summed E-state index contributed by atoms with van der Waals surface area (Å²) in [6, 6.07) is 4.95. The van der Waals surface area contributed by atoms with Gasteiger partial charge in [0.1, 0.15) is 5.82 Å². The van der Waals surface area contributed by atoms with Crippen molar-refractivity contribution in [3.05, 3.63) is 34.1 Å². The molecular weight excluding hydrogens is 297 g/mol. The molecular formula is C14H17BrFNO. The molecule has 0 aliphatic heterocycles. The van der Waals surface area contributed by atoms with Gasteiger partial charge in [-0.2, -0.15) is 0 Å². The summed E-state index contributed by atoms with van der Waals surface area (Å²) >= 11 is 3.28. The predicted molar refractivity (Wildman–Crippen MR) is 73.1 cm³/mol. The Balaban J connectivity index is 1.82. The summed E-state index contributed by atoms with van der Waals surface area (Å²) in [6.45, 7) is 0.411. The first-order chi connectivity index (χ1) is 8.65. The average molecular weight is 314 g/mol. The third-order valence-electron chi connectivity index (χ3n) is 3.35. The van der Waals surface area contributed by atoms with Crippen molar-refractivity contribution in [1.82, 2.24) is 5.32 Å². The maximum atomic E-state index is 12.9. The first-order valence-electron chi connectivity index (χ1n) is 6.34. The number of rotatable bonds is 5. The van der Waals surface area contributed by atoms with E-state index in [1.165, 1.54) is 37.8 Å². The summed E-state index contributed by atoms with van der Waals surface area (Å²) in [7, 11) is 0. The van der Waals surface area contributed by atoms with Gasteiger partial charge in [-0.3, -0.25) is 4.79 Å². The molecule has 4 heteroatoms. The molecule has 1 aliphatic carbocycles. The van der Waals surface area contributed by atoms with Crippen LogP contribution >= 0.6 is 15.9 Å². The molecule has 2 rings (SSSR count). The van der Waals surface area contributed by atoms with Crippen molar-refractivity contribution in [2.45, 2.75) is 38.1 Å². The van der Waals surface area contributed by atoms with E-state index >= 15 is 0 Å². The minimum absolute atomic E-state index is 0.147. The summed E-state index contributed by atoms with van der Waals surface area (Å²) < 4.78 is 13.6. The van der Waals surface area contributed by atoms with Crippen LogP contribution in [-0.2, 0) is 11.2 Å². The number of carbonyl (C=O) groups is 1. The van der Waals surface area contributed by atoms with E-state index in [9.17, 15) is 9.18 Å². The lowest BCUT2D eigenvalue weighted by Gasteiger charge is -2.11. The van der Waals surface area contributed by atoms with Gasteiger partial charge in [-0.1, -0.05) is 34.8 Å². The largest absolute Gasteiger partial charge is 0.307 e. The van der Waals surface area contributed by atoms with Crippen LogP contribution in [0.1, 0.15) is 31.2 Å². The lowest BCUT2D eigenvalue weighted by molar-refractivity contribution is -0.117. The Morgan fingerprint density at radius 1 is 1.39 bits per heavy atom. The Labute approximate surface area is 115 Å². The highest BCUT2D eigenvalue weighted by Crippen LogP contribution is 2.19. The number of benzene rings is 1. The molecule has 0 radical (unpaired) electrons. The van der Waals surface area contributed by atoms with Crippen molar-refractivity contribution in [3.63, 3.8) is 0 Å². The standard InChI is InChI=1S/C14H17BrFNO/c15-14-8-11(16)6-5-10(14)7-13(18)9-17-12-3-1-2-4-12/h5-6,8,12,17H,1-4,7,9H2. The molecule has 1 aliphatic rings. The molecule has 0 bridgehead atoms. The van der Waals surface area contributed by atoms with Crippen molar-refractivity contribution in [3.8, 4) is 0 Å². The van der Waals surface area contributed by atoms with E-state index in [0.29, 0.717) is 23.5 Å². The van der Waals surface area contributed by atoms with Crippen LogP contribution in [0, 0.1) is 5.82 Å². The van der Waals surface area contributed by atoms with Crippen LogP contribution < -0.4 is 5.32 Å². The lowest BCUT2D eigenvalue weighted by Crippen LogP contribution is -2.32. The molecule has 1 aromatic carbocycles. The minimum atomic E-state index is -0.290. The average Bonchev–Trinajstić information content (AvgIpc) is 2.83. The van der Waals surface area contributed by atoms with Gasteiger partial charge < -0.3 is 5.32 Å². The van der Waals surface area contributed by atoms with Crippen molar-refractivity contribution < 1.29 is 9.18 Å². The Morgan fingerprint density at radius 2 is 2.11 bits per heavy atom. The molecule has 1 aromatic rings. The predicted octanol–water partition coefficient (Wildman–Crippen LogP) is 3.23. The van der Waals surface area contributed by atoms with E-state index in [-0.39, 0.29) is 11.6 Å². The summed E-state index contributed by atoms with van der Waals surface area (Å²) in [6.07, 6.45) is 5.21. The van der Waals surface area contributed by atoms with Crippen LogP contribution in [0.25, 0.3) is 0 Å². The molecule has 98 valence electrons. The normalized spacial score (nSPS) is 16.1. The molecule has 1 N–H and O–H groups in total. The summed E-state index contributed by atoms with van der Waals surface area (Å²) in [5.74, 6) is -0.142. The molecule has 1 saturated carbocycles. The molecule has 18 heavy (non-hydrogen) atoms. The zero-order chi connectivity index (χ0) is 13.0. The van der Waals surface area contributed by atoms with E-state index in [2.05, 4.69) is 21.2 Å². The zero-order valence-electron chi connectivity index (χ0n) is 10.2. The van der Waals surface area contributed by atoms with Crippen LogP contribution in [0.15, 0.2) is 22.7 Å². The van der Waals surface area contributed by atoms with Gasteiger partial charge in [0, 0.05) is 16.9 Å². The van der Waals surface area contributed by atoms with Gasteiger partial charge in [0.25, 0.3) is 0 Å². The Morgan fingerprint density at radius 3 is 2.78 bits per heavy atom. The monoisotopic (exact) mass is 313 g/mol. The van der Waals surface area contributed by atoms with Gasteiger partial charge in [-0.05, 0) is 30.5 Å². The fourth-order valence-corrected chi connectivity index (χ4v) is 2.82. The summed E-state index contributed by atoms with van der Waals surface area (Å²) in [5, 5.41) is 3.29. The van der Waals surface area contributed by atoms with Crippen molar-refractivity contribution >= 4 is 21.7 Å². The Kier molecular flexibility index (Phi) is 4.89. The van der Waals surface area contributed by atoms with Crippen LogP contribution in [0.2, 0.25) is 0 Å². The molecule has 0 saturated heterocycles. The molecule has 0 spiro atoms. The molecule has 2 nitrogen and oxygen atoms in total. The van der Waals surface area contributed by atoms with Crippen LogP contribution in [-0.4, -0.2) is 18.4 Å². The minimum Gasteiger partial charge on any atom is -0.307 e. The first-order valence-corrected chi connectivity index (χ1v) is 7.13. The second-order valence-electron chi connectivity index (χ2n) is 4.81. The van der Waals surface area contributed by atoms with Gasteiger partial charge in [-0.25, -0.2) is 4.39 Å². The van der Waals surface area contributed by atoms with Crippen molar-refractivity contribution in [2.24, 2.45) is 0 Å². The van der Waals surface area contributed by atoms with E-state index in [1.807, 2.05) is 0 Å². The first kappa shape index (κ1) is 13.7. The maximum absolute atomic E-state index is 12.9. The highest BCUT2D eigenvalue weighted by atomic mass is 79.9. The number of hydrogen-bond acceptors (Lipinski definition) is 2. The fourth-order valence-electron chi connectivity index (χ4n) is 2.33. The van der Waals surface area contributed by atoms with E-state index < -0.39 is 0 Å².